The van der Waals surface area contributed by atoms with Gasteiger partial charge < -0.3 is 23.7 Å². The molecular formula is C27H31ClN2O5. The van der Waals surface area contributed by atoms with Crippen molar-refractivity contribution < 1.29 is 18.7 Å². The summed E-state index contributed by atoms with van der Waals surface area (Å²) in [5.74, 6) is 1.02. The SMILES string of the molecule is CCCOc1ccc(C2c3c(oc4ccc(Cl)cc4c3=O)C(=O)N2CCCN(C)C)cc1OCC. The Bertz CT molecular complexity index is 1290. The summed E-state index contributed by atoms with van der Waals surface area (Å²) in [5, 5.41) is 0.793. The topological polar surface area (TPSA) is 72.2 Å². The fourth-order valence-electron chi connectivity index (χ4n) is 4.42. The van der Waals surface area contributed by atoms with Crippen LogP contribution in [0, 0.1) is 0 Å². The van der Waals surface area contributed by atoms with Gasteiger partial charge in [-0.1, -0.05) is 24.6 Å². The molecule has 4 rings (SSSR count). The van der Waals surface area contributed by atoms with E-state index >= 15 is 0 Å². The van der Waals surface area contributed by atoms with Crippen LogP contribution in [0.25, 0.3) is 11.0 Å². The standard InChI is InChI=1S/C27H31ClN2O5/c1-5-14-34-21-10-8-17(15-22(21)33-6-2)24-23-25(31)19-16-18(28)9-11-20(19)35-26(23)27(32)30(24)13-7-12-29(3)4/h8-11,15-16,24H,5-7,12-14H2,1-4H3. The van der Waals surface area contributed by atoms with E-state index in [4.69, 9.17) is 25.5 Å². The number of hydrogen-bond donors (Lipinski definition) is 0. The molecule has 35 heavy (non-hydrogen) atoms. The summed E-state index contributed by atoms with van der Waals surface area (Å²) in [5.41, 5.74) is 1.20. The second-order valence-corrected chi connectivity index (χ2v) is 9.30. The maximum atomic E-state index is 13.7. The lowest BCUT2D eigenvalue weighted by Crippen LogP contribution is -2.32. The summed E-state index contributed by atoms with van der Waals surface area (Å²) in [6.45, 7) is 6.25. The molecule has 0 aliphatic carbocycles. The summed E-state index contributed by atoms with van der Waals surface area (Å²) >= 11 is 6.17. The van der Waals surface area contributed by atoms with E-state index in [0.717, 1.165) is 24.9 Å². The smallest absolute Gasteiger partial charge is 0.290 e. The van der Waals surface area contributed by atoms with Crippen LogP contribution in [0.1, 0.15) is 54.4 Å². The van der Waals surface area contributed by atoms with E-state index in [1.807, 2.05) is 46.1 Å². The number of halogens is 1. The largest absolute Gasteiger partial charge is 0.490 e. The van der Waals surface area contributed by atoms with E-state index in [1.165, 1.54) is 0 Å². The lowest BCUT2D eigenvalue weighted by atomic mass is 9.98. The van der Waals surface area contributed by atoms with Crippen LogP contribution in [0.3, 0.4) is 0 Å². The van der Waals surface area contributed by atoms with Gasteiger partial charge in [0.05, 0.1) is 30.2 Å². The quantitative estimate of drug-likeness (QED) is 0.386. The van der Waals surface area contributed by atoms with E-state index in [2.05, 4.69) is 4.90 Å². The maximum Gasteiger partial charge on any atom is 0.290 e. The molecule has 0 spiro atoms. The molecule has 7 nitrogen and oxygen atoms in total. The van der Waals surface area contributed by atoms with Crippen LogP contribution in [0.2, 0.25) is 5.02 Å². The van der Waals surface area contributed by atoms with Crippen molar-refractivity contribution in [1.29, 1.82) is 0 Å². The number of rotatable bonds is 10. The fraction of sp³-hybridized carbons (Fsp3) is 0.407. The van der Waals surface area contributed by atoms with Gasteiger partial charge in [-0.05, 0) is 76.3 Å². The van der Waals surface area contributed by atoms with Gasteiger partial charge in [-0.2, -0.15) is 0 Å². The van der Waals surface area contributed by atoms with Gasteiger partial charge >= 0.3 is 0 Å². The second kappa shape index (κ2) is 10.7. The minimum atomic E-state index is -0.598. The van der Waals surface area contributed by atoms with E-state index in [1.54, 1.807) is 23.1 Å². The third-order valence-electron chi connectivity index (χ3n) is 5.98. The summed E-state index contributed by atoms with van der Waals surface area (Å²) in [4.78, 5) is 31.0. The molecule has 1 atom stereocenters. The molecule has 1 amide bonds. The van der Waals surface area contributed by atoms with Gasteiger partial charge in [0.25, 0.3) is 5.91 Å². The van der Waals surface area contributed by atoms with Crippen molar-refractivity contribution in [1.82, 2.24) is 9.80 Å². The Kier molecular flexibility index (Phi) is 7.67. The van der Waals surface area contributed by atoms with Crippen molar-refractivity contribution in [2.24, 2.45) is 0 Å². The molecule has 3 aromatic rings. The van der Waals surface area contributed by atoms with Gasteiger partial charge in [-0.15, -0.1) is 0 Å². The molecular weight excluding hydrogens is 468 g/mol. The van der Waals surface area contributed by atoms with Crippen molar-refractivity contribution >= 4 is 28.5 Å². The Morgan fingerprint density at radius 2 is 1.86 bits per heavy atom. The zero-order valence-electron chi connectivity index (χ0n) is 20.6. The molecule has 0 saturated heterocycles. The molecule has 0 radical (unpaired) electrons. The van der Waals surface area contributed by atoms with Crippen molar-refractivity contribution in [3.8, 4) is 11.5 Å². The number of fused-ring (bicyclic) bond motifs is 2. The monoisotopic (exact) mass is 498 g/mol. The van der Waals surface area contributed by atoms with Crippen LogP contribution in [0.4, 0.5) is 0 Å². The van der Waals surface area contributed by atoms with E-state index in [-0.39, 0.29) is 17.1 Å². The molecule has 1 unspecified atom stereocenters. The van der Waals surface area contributed by atoms with Crippen LogP contribution in [0.15, 0.2) is 45.6 Å². The number of nitrogens with zero attached hydrogens (tertiary/aromatic N) is 2. The molecule has 8 heteroatoms. The first-order valence-corrected chi connectivity index (χ1v) is 12.3. The van der Waals surface area contributed by atoms with Crippen molar-refractivity contribution in [3.05, 3.63) is 68.5 Å². The highest BCUT2D eigenvalue weighted by molar-refractivity contribution is 6.31. The third-order valence-corrected chi connectivity index (χ3v) is 6.21. The van der Waals surface area contributed by atoms with Crippen LogP contribution >= 0.6 is 11.6 Å². The van der Waals surface area contributed by atoms with Crippen molar-refractivity contribution in [2.45, 2.75) is 32.7 Å². The predicted octanol–water partition coefficient (Wildman–Crippen LogP) is 5.13. The number of hydrogen-bond acceptors (Lipinski definition) is 6. The first-order chi connectivity index (χ1) is 16.8. The first-order valence-electron chi connectivity index (χ1n) is 12.0. The molecule has 0 N–H and O–H groups in total. The number of ether oxygens (including phenoxy) is 2. The average molecular weight is 499 g/mol. The van der Waals surface area contributed by atoms with Gasteiger partial charge in [-0.3, -0.25) is 9.59 Å². The first kappa shape index (κ1) is 25.1. The maximum absolute atomic E-state index is 13.7. The lowest BCUT2D eigenvalue weighted by molar-refractivity contribution is 0.0722. The number of carbonyl (C=O) groups excluding carboxylic acids is 1. The highest BCUT2D eigenvalue weighted by Gasteiger charge is 2.42. The van der Waals surface area contributed by atoms with Gasteiger partial charge in [0.15, 0.2) is 16.9 Å². The molecule has 0 fully saturated rings. The van der Waals surface area contributed by atoms with Gasteiger partial charge in [0.1, 0.15) is 5.58 Å². The minimum absolute atomic E-state index is 0.0870. The highest BCUT2D eigenvalue weighted by Crippen LogP contribution is 2.41. The molecule has 1 aliphatic rings. The van der Waals surface area contributed by atoms with Crippen LogP contribution < -0.4 is 14.9 Å². The average Bonchev–Trinajstić information content (AvgIpc) is 3.10. The molecule has 186 valence electrons. The molecule has 1 aromatic heterocycles. The molecule has 0 saturated carbocycles. The number of amides is 1. The summed E-state index contributed by atoms with van der Waals surface area (Å²) in [7, 11) is 3.98. The Labute approximate surface area is 210 Å². The minimum Gasteiger partial charge on any atom is -0.490 e. The summed E-state index contributed by atoms with van der Waals surface area (Å²) in [6, 6.07) is 9.86. The molecule has 1 aliphatic heterocycles. The zero-order valence-corrected chi connectivity index (χ0v) is 21.4. The highest BCUT2D eigenvalue weighted by atomic mass is 35.5. The third kappa shape index (κ3) is 5.02. The Hall–Kier alpha value is -3.03. The molecule has 0 bridgehead atoms. The zero-order chi connectivity index (χ0) is 25.1. The Morgan fingerprint density at radius 3 is 2.57 bits per heavy atom. The van der Waals surface area contributed by atoms with E-state index in [0.29, 0.717) is 52.8 Å². The predicted molar refractivity (Wildman–Crippen MR) is 137 cm³/mol. The van der Waals surface area contributed by atoms with Crippen molar-refractivity contribution in [2.75, 3.05) is 40.4 Å². The van der Waals surface area contributed by atoms with Crippen LogP contribution in [-0.4, -0.2) is 56.1 Å². The summed E-state index contributed by atoms with van der Waals surface area (Å²) < 4.78 is 17.7. The molecule has 2 heterocycles. The fourth-order valence-corrected chi connectivity index (χ4v) is 4.59. The van der Waals surface area contributed by atoms with E-state index in [9.17, 15) is 9.59 Å². The molecule has 2 aromatic carbocycles. The lowest BCUT2D eigenvalue weighted by Gasteiger charge is -2.26. The normalized spacial score (nSPS) is 15.2. The van der Waals surface area contributed by atoms with Gasteiger partial charge in [0.2, 0.25) is 5.76 Å². The van der Waals surface area contributed by atoms with Gasteiger partial charge in [0, 0.05) is 11.6 Å². The summed E-state index contributed by atoms with van der Waals surface area (Å²) in [6.07, 6.45) is 1.62. The van der Waals surface area contributed by atoms with E-state index < -0.39 is 6.04 Å². The van der Waals surface area contributed by atoms with Crippen LogP contribution in [-0.2, 0) is 0 Å². The Morgan fingerprint density at radius 1 is 1.06 bits per heavy atom. The van der Waals surface area contributed by atoms with Crippen molar-refractivity contribution in [3.63, 3.8) is 0 Å². The second-order valence-electron chi connectivity index (χ2n) is 8.86. The number of benzene rings is 2. The number of carbonyl (C=O) groups is 1. The van der Waals surface area contributed by atoms with Crippen LogP contribution in [0.5, 0.6) is 11.5 Å². The van der Waals surface area contributed by atoms with Gasteiger partial charge in [-0.25, -0.2) is 0 Å². The Balaban J connectivity index is 1.86.